The van der Waals surface area contributed by atoms with Gasteiger partial charge >= 0.3 is 6.18 Å². The fourth-order valence-corrected chi connectivity index (χ4v) is 4.60. The van der Waals surface area contributed by atoms with Crippen LogP contribution in [-0.2, 0) is 27.4 Å². The minimum atomic E-state index is -4.58. The predicted octanol–water partition coefficient (Wildman–Crippen LogP) is 4.43. The molecule has 1 atom stereocenters. The summed E-state index contributed by atoms with van der Waals surface area (Å²) in [5, 5.41) is 2.67. The second-order valence-electron chi connectivity index (χ2n) is 7.89. The van der Waals surface area contributed by atoms with Crippen LogP contribution in [0.4, 0.5) is 13.2 Å². The Bertz CT molecular complexity index is 1290. The van der Waals surface area contributed by atoms with Crippen molar-refractivity contribution in [2.24, 2.45) is 0 Å². The third-order valence-electron chi connectivity index (χ3n) is 5.18. The van der Waals surface area contributed by atoms with Gasteiger partial charge in [-0.1, -0.05) is 42.5 Å². The molecule has 0 aliphatic carbocycles. The summed E-state index contributed by atoms with van der Waals surface area (Å²) in [4.78, 5) is 12.1. The van der Waals surface area contributed by atoms with Crippen molar-refractivity contribution in [3.05, 3.63) is 102 Å². The van der Waals surface area contributed by atoms with Gasteiger partial charge in [0.25, 0.3) is 0 Å². The molecule has 3 rings (SSSR count). The highest BCUT2D eigenvalue weighted by Crippen LogP contribution is 2.29. The minimum absolute atomic E-state index is 0.0456. The number of nitrogens with one attached hydrogen (secondary N) is 2. The highest BCUT2D eigenvalue weighted by molar-refractivity contribution is 7.89. The van der Waals surface area contributed by atoms with Crippen molar-refractivity contribution in [3.8, 4) is 5.75 Å². The minimum Gasteiger partial charge on any atom is -0.497 e. The highest BCUT2D eigenvalue weighted by Gasteiger charge is 2.31. The lowest BCUT2D eigenvalue weighted by molar-refractivity contribution is -0.137. The van der Waals surface area contributed by atoms with Crippen LogP contribution < -0.4 is 14.8 Å². The SMILES string of the molecule is COc1cccc(/C=C/C(=O)NC[C@H](Cc2ccccc2)NS(=O)(=O)c2ccc(C(F)(F)F)cc2)c1. The lowest BCUT2D eigenvalue weighted by Crippen LogP contribution is -2.44. The molecule has 190 valence electrons. The zero-order valence-corrected chi connectivity index (χ0v) is 20.1. The first kappa shape index (κ1) is 27.0. The number of amides is 1. The van der Waals surface area contributed by atoms with E-state index in [1.807, 2.05) is 18.2 Å². The monoisotopic (exact) mass is 518 g/mol. The van der Waals surface area contributed by atoms with Gasteiger partial charge in [0.15, 0.2) is 0 Å². The molecular formula is C26H25F3N2O4S. The van der Waals surface area contributed by atoms with Crippen molar-refractivity contribution >= 4 is 22.0 Å². The van der Waals surface area contributed by atoms with Crippen LogP contribution in [0.3, 0.4) is 0 Å². The van der Waals surface area contributed by atoms with Crippen molar-refractivity contribution in [1.82, 2.24) is 10.0 Å². The molecule has 10 heteroatoms. The fraction of sp³-hybridized carbons (Fsp3) is 0.192. The average Bonchev–Trinajstić information content (AvgIpc) is 2.86. The Balaban J connectivity index is 1.71. The molecule has 0 spiro atoms. The predicted molar refractivity (Wildman–Crippen MR) is 131 cm³/mol. The number of benzene rings is 3. The first-order valence-electron chi connectivity index (χ1n) is 10.9. The summed E-state index contributed by atoms with van der Waals surface area (Å²) in [7, 11) is -2.62. The van der Waals surface area contributed by atoms with E-state index in [-0.39, 0.29) is 17.9 Å². The molecule has 0 fully saturated rings. The van der Waals surface area contributed by atoms with E-state index in [1.165, 1.54) is 13.2 Å². The van der Waals surface area contributed by atoms with Crippen LogP contribution in [0.15, 0.2) is 89.8 Å². The molecule has 0 saturated carbocycles. The lowest BCUT2D eigenvalue weighted by atomic mass is 10.1. The van der Waals surface area contributed by atoms with E-state index < -0.39 is 33.7 Å². The van der Waals surface area contributed by atoms with Crippen molar-refractivity contribution < 1.29 is 31.1 Å². The number of alkyl halides is 3. The van der Waals surface area contributed by atoms with Gasteiger partial charge < -0.3 is 10.1 Å². The Labute approximate surface area is 207 Å². The van der Waals surface area contributed by atoms with Gasteiger partial charge in [-0.3, -0.25) is 4.79 Å². The number of ether oxygens (including phenoxy) is 1. The van der Waals surface area contributed by atoms with Crippen LogP contribution in [0.25, 0.3) is 6.08 Å². The number of rotatable bonds is 10. The van der Waals surface area contributed by atoms with Crippen LogP contribution >= 0.6 is 0 Å². The van der Waals surface area contributed by atoms with Crippen LogP contribution in [0, 0.1) is 0 Å². The number of carbonyl (C=O) groups excluding carboxylic acids is 1. The van der Waals surface area contributed by atoms with Gasteiger partial charge in [0.1, 0.15) is 5.75 Å². The van der Waals surface area contributed by atoms with E-state index in [4.69, 9.17) is 4.74 Å². The first-order chi connectivity index (χ1) is 17.1. The topological polar surface area (TPSA) is 84.5 Å². The zero-order chi connectivity index (χ0) is 26.2. The smallest absolute Gasteiger partial charge is 0.416 e. The number of carbonyl (C=O) groups is 1. The normalized spacial score (nSPS) is 12.9. The molecule has 0 saturated heterocycles. The lowest BCUT2D eigenvalue weighted by Gasteiger charge is -2.19. The molecular weight excluding hydrogens is 493 g/mol. The molecule has 3 aromatic rings. The van der Waals surface area contributed by atoms with E-state index in [2.05, 4.69) is 10.0 Å². The van der Waals surface area contributed by atoms with Gasteiger partial charge in [-0.25, -0.2) is 13.1 Å². The van der Waals surface area contributed by atoms with E-state index in [0.717, 1.165) is 23.3 Å². The largest absolute Gasteiger partial charge is 0.497 e. The molecule has 1 amide bonds. The second-order valence-corrected chi connectivity index (χ2v) is 9.60. The zero-order valence-electron chi connectivity index (χ0n) is 19.3. The van der Waals surface area contributed by atoms with Crippen molar-refractivity contribution in [1.29, 1.82) is 0 Å². The van der Waals surface area contributed by atoms with Gasteiger partial charge in [-0.2, -0.15) is 13.2 Å². The summed E-state index contributed by atoms with van der Waals surface area (Å²) in [5.74, 6) is 0.197. The Morgan fingerprint density at radius 1 is 1.00 bits per heavy atom. The van der Waals surface area contributed by atoms with E-state index in [1.54, 1.807) is 42.5 Å². The summed E-state index contributed by atoms with van der Waals surface area (Å²) in [6, 6.07) is 18.6. The van der Waals surface area contributed by atoms with Crippen molar-refractivity contribution in [2.45, 2.75) is 23.5 Å². The summed E-state index contributed by atoms with van der Waals surface area (Å²) in [6.45, 7) is -0.0456. The molecule has 0 aliphatic heterocycles. The third kappa shape index (κ3) is 7.96. The Kier molecular flexibility index (Phi) is 8.89. The van der Waals surface area contributed by atoms with E-state index in [9.17, 15) is 26.4 Å². The molecule has 3 aromatic carbocycles. The molecule has 2 N–H and O–H groups in total. The summed E-state index contributed by atoms with van der Waals surface area (Å²) in [5.41, 5.74) is 0.615. The number of halogens is 3. The van der Waals surface area contributed by atoms with Crippen molar-refractivity contribution in [3.63, 3.8) is 0 Å². The summed E-state index contributed by atoms with van der Waals surface area (Å²) < 4.78 is 71.9. The molecule has 0 aromatic heterocycles. The Hall–Kier alpha value is -3.63. The number of hydrogen-bond acceptors (Lipinski definition) is 4. The van der Waals surface area contributed by atoms with Gasteiger partial charge in [0.05, 0.1) is 17.6 Å². The van der Waals surface area contributed by atoms with E-state index in [0.29, 0.717) is 17.9 Å². The van der Waals surface area contributed by atoms with Crippen molar-refractivity contribution in [2.75, 3.05) is 13.7 Å². The standard InChI is InChI=1S/C26H25F3N2O4S/c1-35-23-9-5-8-20(17-23)10-15-25(32)30-18-22(16-19-6-3-2-4-7-19)31-36(33,34)24-13-11-21(12-14-24)26(27,28)29/h2-15,17,22,31H,16,18H2,1H3,(H,30,32)/b15-10+/t22-/m0/s1. The second kappa shape index (κ2) is 11.9. The third-order valence-corrected chi connectivity index (χ3v) is 6.72. The molecule has 0 radical (unpaired) electrons. The Morgan fingerprint density at radius 2 is 1.69 bits per heavy atom. The highest BCUT2D eigenvalue weighted by atomic mass is 32.2. The number of sulfonamides is 1. The van der Waals surface area contributed by atoms with Crippen LogP contribution in [0.5, 0.6) is 5.75 Å². The maximum Gasteiger partial charge on any atom is 0.416 e. The van der Waals surface area contributed by atoms with Gasteiger partial charge in [0, 0.05) is 18.7 Å². The van der Waals surface area contributed by atoms with Gasteiger partial charge in [-0.05, 0) is 60.0 Å². The molecule has 0 aliphatic rings. The summed E-state index contributed by atoms with van der Waals surface area (Å²) in [6.07, 6.45) is -1.41. The van der Waals surface area contributed by atoms with Gasteiger partial charge in [0.2, 0.25) is 15.9 Å². The quantitative estimate of drug-likeness (QED) is 0.389. The van der Waals surface area contributed by atoms with E-state index >= 15 is 0 Å². The summed E-state index contributed by atoms with van der Waals surface area (Å²) >= 11 is 0. The average molecular weight is 519 g/mol. The van der Waals surface area contributed by atoms with Gasteiger partial charge in [-0.15, -0.1) is 0 Å². The molecule has 6 nitrogen and oxygen atoms in total. The molecule has 0 heterocycles. The van der Waals surface area contributed by atoms with Crippen LogP contribution in [0.2, 0.25) is 0 Å². The number of methoxy groups -OCH3 is 1. The Morgan fingerprint density at radius 3 is 2.33 bits per heavy atom. The number of hydrogen-bond donors (Lipinski definition) is 2. The molecule has 0 unspecified atom stereocenters. The first-order valence-corrected chi connectivity index (χ1v) is 12.4. The maximum absolute atomic E-state index is 12.9. The van der Waals surface area contributed by atoms with Crippen LogP contribution in [-0.4, -0.2) is 34.0 Å². The molecule has 0 bridgehead atoms. The molecule has 36 heavy (non-hydrogen) atoms. The van der Waals surface area contributed by atoms with Crippen LogP contribution in [0.1, 0.15) is 16.7 Å². The maximum atomic E-state index is 12.9. The fourth-order valence-electron chi connectivity index (χ4n) is 3.36.